The maximum atomic E-state index is 2.29. The summed E-state index contributed by atoms with van der Waals surface area (Å²) in [6, 6.07) is 0. The highest BCUT2D eigenvalue weighted by molar-refractivity contribution is 4.48. The zero-order valence-corrected chi connectivity index (χ0v) is 11.9. The van der Waals surface area contributed by atoms with Crippen LogP contribution in [-0.2, 0) is 0 Å². The van der Waals surface area contributed by atoms with Gasteiger partial charge in [-0.15, -0.1) is 0 Å². The Kier molecular flexibility index (Phi) is 15.0. The van der Waals surface area contributed by atoms with Gasteiger partial charge in [0.25, 0.3) is 0 Å². The Morgan fingerprint density at radius 3 is 0.688 bits per heavy atom. The molecule has 0 amide bonds. The number of rotatable bonds is 13. The number of hydrogen-bond acceptors (Lipinski definition) is 0. The summed E-state index contributed by atoms with van der Waals surface area (Å²) in [7, 11) is 0. The van der Waals surface area contributed by atoms with E-state index in [2.05, 4.69) is 13.8 Å². The minimum atomic E-state index is 1.37. The van der Waals surface area contributed by atoms with Crippen LogP contribution in [0.4, 0.5) is 0 Å². The summed E-state index contributed by atoms with van der Waals surface area (Å²) in [5, 5.41) is 0. The summed E-state index contributed by atoms with van der Waals surface area (Å²) in [6.45, 7) is 4.58. The van der Waals surface area contributed by atoms with E-state index in [-0.39, 0.29) is 0 Å². The Morgan fingerprint density at radius 1 is 0.312 bits per heavy atom. The second-order valence-corrected chi connectivity index (χ2v) is 5.24. The van der Waals surface area contributed by atoms with E-state index >= 15 is 0 Å². The minimum Gasteiger partial charge on any atom is -0.0654 e. The average molecular weight is 242 g/mol. The van der Waals surface area contributed by atoms with Crippen LogP contribution in [0.5, 0.6) is 0 Å². The summed E-state index contributed by atoms with van der Waals surface area (Å²) in [5.74, 6) is 0. The van der Waals surface area contributed by atoms with E-state index in [0.717, 1.165) is 0 Å². The maximum absolute atomic E-state index is 2.29. The Hall–Kier alpha value is 0. The van der Waals surface area contributed by atoms with Gasteiger partial charge in [0.1, 0.15) is 0 Å². The first-order chi connectivity index (χ1) is 7.91. The second-order valence-electron chi connectivity index (χ2n) is 5.24. The Balaban J connectivity index is 2.83. The molecule has 0 nitrogen and oxygen atoms in total. The van der Waals surface area contributed by atoms with Gasteiger partial charge >= 0.3 is 0 Å². The lowest BCUT2D eigenvalue weighted by atomic mass is 11.0. The molecule has 0 atom stereocenters. The first-order valence-electron chi connectivity index (χ1n) is 7.91. The van der Waals surface area contributed by atoms with Crippen molar-refractivity contribution in [1.82, 2.24) is 0 Å². The molecule has 0 heteroatoms. The zero-order chi connectivity index (χ0) is 11.9. The molecule has 0 radical (unpaired) electrons. The van der Waals surface area contributed by atoms with Gasteiger partial charge < -0.3 is 0 Å². The lowest BCUT2D eigenvalue weighted by molar-refractivity contribution is 0.538. The van der Waals surface area contributed by atoms with Crippen molar-refractivity contribution >= 4 is 0 Å². The molecule has 0 aliphatic rings. The third-order valence-corrected chi connectivity index (χ3v) is 3.46. The van der Waals surface area contributed by atoms with Crippen LogP contribution in [-0.4, -0.2) is 0 Å². The van der Waals surface area contributed by atoms with Crippen molar-refractivity contribution in [1.29, 1.82) is 0 Å². The summed E-state index contributed by atoms with van der Waals surface area (Å²) < 4.78 is 0. The molecule has 0 aliphatic carbocycles. The third-order valence-electron chi connectivity index (χ3n) is 3.46. The summed E-state index contributed by atoms with van der Waals surface area (Å²) >= 11 is 0. The van der Waals surface area contributed by atoms with Crippen molar-refractivity contribution in [2.45, 2.75) is 104 Å². The van der Waals surface area contributed by atoms with Crippen LogP contribution in [0.25, 0.3) is 0 Å². The summed E-state index contributed by atoms with van der Waals surface area (Å²) in [6.07, 6.45) is 20.4. The molecule has 98 valence electrons. The van der Waals surface area contributed by atoms with Gasteiger partial charge in [-0.1, -0.05) is 104 Å². The lowest BCUT2D eigenvalue weighted by Crippen LogP contribution is -1.82. The molecule has 0 aromatic carbocycles. The average Bonchev–Trinajstić information content (AvgIpc) is 2.31. The molecule has 0 spiro atoms. The third kappa shape index (κ3) is 14.0. The smallest absolute Gasteiger partial charge is 0.0533 e. The van der Waals surface area contributed by atoms with Crippen LogP contribution in [0.3, 0.4) is 0 Å². The SMILES string of the molecule is [13CH3][13CH2][13CH2][13CH2][13CH2][13CH2][13CH2][13CH2][13CH2][13CH2][13CH2][13CH2][13CH2][13CH2][13CH2][13CH3]. The first kappa shape index (κ1) is 16.0. The molecule has 0 bridgehead atoms. The van der Waals surface area contributed by atoms with Crippen LogP contribution in [0.15, 0.2) is 0 Å². The highest BCUT2D eigenvalue weighted by Gasteiger charge is 1.92. The lowest BCUT2D eigenvalue weighted by Gasteiger charge is -2.02. The largest absolute Gasteiger partial charge is 0.0654 e. The van der Waals surface area contributed by atoms with Crippen molar-refractivity contribution in [3.05, 3.63) is 0 Å². The van der Waals surface area contributed by atoms with Crippen LogP contribution >= 0.6 is 0 Å². The van der Waals surface area contributed by atoms with Crippen LogP contribution < -0.4 is 0 Å². The molecule has 0 aliphatic heterocycles. The Bertz CT molecular complexity index is 92.6. The van der Waals surface area contributed by atoms with Crippen LogP contribution in [0.2, 0.25) is 0 Å². The predicted octanol–water partition coefficient (Wildman–Crippen LogP) is 6.49. The van der Waals surface area contributed by atoms with Gasteiger partial charge in [0, 0.05) is 0 Å². The van der Waals surface area contributed by atoms with Gasteiger partial charge in [-0.3, -0.25) is 0 Å². The molecular formula is C16H34. The summed E-state index contributed by atoms with van der Waals surface area (Å²) in [4.78, 5) is 0. The molecule has 0 unspecified atom stereocenters. The maximum Gasteiger partial charge on any atom is -0.0533 e. The minimum absolute atomic E-state index is 1.37. The molecule has 0 saturated carbocycles. The molecule has 0 rings (SSSR count). The second kappa shape index (κ2) is 15.0. The van der Waals surface area contributed by atoms with Crippen molar-refractivity contribution < 1.29 is 0 Å². The van der Waals surface area contributed by atoms with Crippen molar-refractivity contribution in [3.63, 3.8) is 0 Å². The fourth-order valence-electron chi connectivity index (χ4n) is 2.27. The van der Waals surface area contributed by atoms with Crippen molar-refractivity contribution in [2.75, 3.05) is 0 Å². The Labute approximate surface area is 104 Å². The monoisotopic (exact) mass is 242 g/mol. The molecule has 0 heterocycles. The fraction of sp³-hybridized carbons (Fsp3) is 1.00. The molecule has 0 aromatic heterocycles. The number of unbranched alkanes of at least 4 members (excludes halogenated alkanes) is 13. The fourth-order valence-corrected chi connectivity index (χ4v) is 2.27. The van der Waals surface area contributed by atoms with Gasteiger partial charge in [-0.25, -0.2) is 0 Å². The van der Waals surface area contributed by atoms with Crippen molar-refractivity contribution in [3.8, 4) is 0 Å². The van der Waals surface area contributed by atoms with E-state index in [1.54, 1.807) is 0 Å². The molecule has 0 N–H and O–H groups in total. The standard InChI is InChI=1S/C16H34/c1-3-5-7-9-11-13-15-16-14-12-10-8-6-4-2/h3-16H2,1-2H3/i1+1,2+1,3+1,4+1,5+1,6+1,7+1,8+1,9+1,10+1,11+1,12+1,13+1,14+1,15+1,16+1. The number of hydrogen-bond donors (Lipinski definition) is 0. The van der Waals surface area contributed by atoms with Crippen molar-refractivity contribution in [2.24, 2.45) is 0 Å². The first-order valence-corrected chi connectivity index (χ1v) is 7.91. The summed E-state index contributed by atoms with van der Waals surface area (Å²) in [5.41, 5.74) is 0. The van der Waals surface area contributed by atoms with Gasteiger partial charge in [-0.2, -0.15) is 0 Å². The van der Waals surface area contributed by atoms with E-state index < -0.39 is 0 Å². The zero-order valence-electron chi connectivity index (χ0n) is 11.9. The van der Waals surface area contributed by atoms with Gasteiger partial charge in [0.2, 0.25) is 0 Å². The van der Waals surface area contributed by atoms with E-state index in [1.165, 1.54) is 89.9 Å². The van der Waals surface area contributed by atoms with E-state index in [4.69, 9.17) is 0 Å². The van der Waals surface area contributed by atoms with Gasteiger partial charge in [-0.05, 0) is 0 Å². The quantitative estimate of drug-likeness (QED) is 0.256. The highest BCUT2D eigenvalue weighted by atomic mass is 15.0. The van der Waals surface area contributed by atoms with Crippen LogP contribution in [0, 0.1) is 0 Å². The molecule has 0 saturated heterocycles. The molecule has 0 aromatic rings. The van der Waals surface area contributed by atoms with E-state index in [0.29, 0.717) is 0 Å². The van der Waals surface area contributed by atoms with E-state index in [9.17, 15) is 0 Å². The molecular weight excluding hydrogens is 208 g/mol. The molecule has 0 fully saturated rings. The van der Waals surface area contributed by atoms with Crippen LogP contribution in [0.1, 0.15) is 104 Å². The Morgan fingerprint density at radius 2 is 0.500 bits per heavy atom. The topological polar surface area (TPSA) is 0 Å². The molecule has 16 heavy (non-hydrogen) atoms. The normalized spacial score (nSPS) is 10.9. The predicted molar refractivity (Wildman–Crippen MR) is 76.0 cm³/mol. The van der Waals surface area contributed by atoms with Gasteiger partial charge in [0.05, 0.1) is 0 Å². The highest BCUT2D eigenvalue weighted by Crippen LogP contribution is 2.12. The van der Waals surface area contributed by atoms with Gasteiger partial charge in [0.15, 0.2) is 0 Å². The van der Waals surface area contributed by atoms with E-state index in [1.807, 2.05) is 0 Å².